The molecule has 0 aliphatic heterocycles. The zero-order chi connectivity index (χ0) is 14.3. The molecule has 0 aliphatic rings. The van der Waals surface area contributed by atoms with Gasteiger partial charge in [-0.2, -0.15) is 0 Å². The SMILES string of the molecule is C.C.C.C=O.CC(=O)N(C)C.CN(C)C.CN(C)C. The van der Waals surface area contributed by atoms with Gasteiger partial charge >= 0.3 is 0 Å². The van der Waals surface area contributed by atoms with E-state index in [4.69, 9.17) is 4.79 Å². The highest BCUT2D eigenvalue weighted by Gasteiger charge is 1.87. The average Bonchev–Trinajstić information content (AvgIpc) is 2.05. The van der Waals surface area contributed by atoms with Gasteiger partial charge in [-0.15, -0.1) is 0 Å². The number of hydrogen-bond acceptors (Lipinski definition) is 4. The lowest BCUT2D eigenvalue weighted by molar-refractivity contribution is -0.126. The second-order valence-corrected chi connectivity index (χ2v) is 4.10. The molecule has 0 heterocycles. The molecule has 0 fully saturated rings. The molecule has 19 heavy (non-hydrogen) atoms. The van der Waals surface area contributed by atoms with Crippen molar-refractivity contribution in [3.05, 3.63) is 0 Å². The standard InChI is InChI=1S/C4H9NO.2C3H9N.CH2O.3CH4/c1-4(6)5(2)3;2*1-4(2)3;1-2;;;/h1-3H3;2*1-3H3;1H2;3*1H4. The van der Waals surface area contributed by atoms with E-state index in [0.29, 0.717) is 0 Å². The molecule has 0 spiro atoms. The number of rotatable bonds is 0. The van der Waals surface area contributed by atoms with Gasteiger partial charge in [0.1, 0.15) is 6.79 Å². The normalized spacial score (nSPS) is 6.47. The monoisotopic (exact) mass is 283 g/mol. The molecule has 124 valence electrons. The first-order valence-electron chi connectivity index (χ1n) is 4.79. The van der Waals surface area contributed by atoms with Crippen LogP contribution in [0.1, 0.15) is 29.2 Å². The molecule has 0 aromatic heterocycles. The summed E-state index contributed by atoms with van der Waals surface area (Å²) < 4.78 is 0. The van der Waals surface area contributed by atoms with Crippen LogP contribution in [0.15, 0.2) is 0 Å². The Morgan fingerprint density at radius 3 is 0.737 bits per heavy atom. The van der Waals surface area contributed by atoms with E-state index in [-0.39, 0.29) is 28.2 Å². The van der Waals surface area contributed by atoms with Crippen molar-refractivity contribution in [3.8, 4) is 0 Å². The van der Waals surface area contributed by atoms with Gasteiger partial charge in [0.15, 0.2) is 0 Å². The van der Waals surface area contributed by atoms with Gasteiger partial charge in [0.05, 0.1) is 0 Å². The van der Waals surface area contributed by atoms with Gasteiger partial charge in [-0.1, -0.05) is 22.3 Å². The maximum atomic E-state index is 10.1. The zero-order valence-electron chi connectivity index (χ0n) is 12.4. The third kappa shape index (κ3) is 413. The van der Waals surface area contributed by atoms with Crippen molar-refractivity contribution < 1.29 is 9.59 Å². The van der Waals surface area contributed by atoms with Crippen LogP contribution >= 0.6 is 0 Å². The van der Waals surface area contributed by atoms with Gasteiger partial charge in [-0.3, -0.25) is 4.79 Å². The average molecular weight is 284 g/mol. The largest absolute Gasteiger partial charge is 0.349 e. The molecule has 0 saturated heterocycles. The van der Waals surface area contributed by atoms with Crippen molar-refractivity contribution in [2.75, 3.05) is 56.4 Å². The first kappa shape index (κ1) is 43.0. The Hall–Kier alpha value is -0.940. The lowest BCUT2D eigenvalue weighted by Crippen LogP contribution is -2.17. The Labute approximate surface area is 123 Å². The molecule has 0 bridgehead atoms. The fourth-order valence-corrected chi connectivity index (χ4v) is 0. The van der Waals surface area contributed by atoms with E-state index in [1.165, 1.54) is 11.8 Å². The van der Waals surface area contributed by atoms with Gasteiger partial charge in [-0.05, 0) is 42.3 Å². The molecule has 0 aromatic carbocycles. The van der Waals surface area contributed by atoms with E-state index in [1.807, 2.05) is 58.9 Å². The summed E-state index contributed by atoms with van der Waals surface area (Å²) in [5, 5.41) is 0. The third-order valence-electron chi connectivity index (χ3n) is 0.630. The van der Waals surface area contributed by atoms with Crippen molar-refractivity contribution in [2.45, 2.75) is 29.2 Å². The highest BCUT2D eigenvalue weighted by molar-refractivity contribution is 5.72. The molecular formula is C14H41N3O2. The van der Waals surface area contributed by atoms with E-state index in [0.717, 1.165) is 0 Å². The van der Waals surface area contributed by atoms with E-state index in [9.17, 15) is 4.79 Å². The van der Waals surface area contributed by atoms with Crippen LogP contribution < -0.4 is 0 Å². The fraction of sp³-hybridized carbons (Fsp3) is 0.857. The van der Waals surface area contributed by atoms with Gasteiger partial charge in [0.25, 0.3) is 0 Å². The smallest absolute Gasteiger partial charge is 0.218 e. The lowest BCUT2D eigenvalue weighted by Gasteiger charge is -2.02. The minimum atomic E-state index is 0. The minimum Gasteiger partial charge on any atom is -0.349 e. The molecule has 0 radical (unpaired) electrons. The van der Waals surface area contributed by atoms with Crippen molar-refractivity contribution >= 4 is 12.7 Å². The highest BCUT2D eigenvalue weighted by Crippen LogP contribution is 1.69. The molecule has 0 rings (SSSR count). The van der Waals surface area contributed by atoms with E-state index >= 15 is 0 Å². The quantitative estimate of drug-likeness (QED) is 0.683. The predicted octanol–water partition coefficient (Wildman–Crippen LogP) is 2.17. The van der Waals surface area contributed by atoms with Crippen molar-refractivity contribution in [3.63, 3.8) is 0 Å². The first-order chi connectivity index (χ1) is 7.11. The second kappa shape index (κ2) is 36.0. The Kier molecular flexibility index (Phi) is 81.4. The fourth-order valence-electron chi connectivity index (χ4n) is 0. The van der Waals surface area contributed by atoms with Crippen LogP contribution in [0.3, 0.4) is 0 Å². The van der Waals surface area contributed by atoms with E-state index < -0.39 is 0 Å². The second-order valence-electron chi connectivity index (χ2n) is 4.10. The maximum absolute atomic E-state index is 10.1. The summed E-state index contributed by atoms with van der Waals surface area (Å²) in [4.78, 5) is 23.6. The van der Waals surface area contributed by atoms with Gasteiger partial charge in [-0.25, -0.2) is 0 Å². The molecule has 5 nitrogen and oxygen atoms in total. The van der Waals surface area contributed by atoms with Crippen LogP contribution in [0.5, 0.6) is 0 Å². The van der Waals surface area contributed by atoms with Crippen molar-refractivity contribution in [1.29, 1.82) is 0 Å². The van der Waals surface area contributed by atoms with Crippen LogP contribution in [0.4, 0.5) is 0 Å². The summed E-state index contributed by atoms with van der Waals surface area (Å²) in [7, 11) is 15.4. The summed E-state index contributed by atoms with van der Waals surface area (Å²) in [6.45, 7) is 3.53. The molecule has 0 N–H and O–H groups in total. The van der Waals surface area contributed by atoms with Gasteiger partial charge in [0, 0.05) is 21.0 Å². The molecule has 0 unspecified atom stereocenters. The lowest BCUT2D eigenvalue weighted by atomic mass is 10.7. The minimum absolute atomic E-state index is 0. The Morgan fingerprint density at radius 2 is 0.737 bits per heavy atom. The van der Waals surface area contributed by atoms with Crippen LogP contribution in [0, 0.1) is 0 Å². The number of carbonyl (C=O) groups is 2. The predicted molar refractivity (Wildman–Crippen MR) is 90.9 cm³/mol. The Morgan fingerprint density at radius 1 is 0.684 bits per heavy atom. The Balaban J connectivity index is -0.0000000202. The highest BCUT2D eigenvalue weighted by atomic mass is 16.2. The summed E-state index contributed by atoms with van der Waals surface area (Å²) in [6, 6.07) is 0. The number of nitrogens with zero attached hydrogens (tertiary/aromatic N) is 3. The van der Waals surface area contributed by atoms with E-state index in [1.54, 1.807) is 14.1 Å². The summed E-state index contributed by atoms with van der Waals surface area (Å²) in [6.07, 6.45) is 0. The molecule has 1 amide bonds. The van der Waals surface area contributed by atoms with Crippen molar-refractivity contribution in [2.24, 2.45) is 0 Å². The maximum Gasteiger partial charge on any atom is 0.218 e. The molecular weight excluding hydrogens is 242 g/mol. The van der Waals surface area contributed by atoms with E-state index in [2.05, 4.69) is 0 Å². The molecule has 0 aromatic rings. The van der Waals surface area contributed by atoms with Gasteiger partial charge in [0.2, 0.25) is 5.91 Å². The summed E-state index contributed by atoms with van der Waals surface area (Å²) >= 11 is 0. The van der Waals surface area contributed by atoms with Crippen LogP contribution in [-0.2, 0) is 9.59 Å². The number of amides is 1. The molecule has 5 heteroatoms. The summed E-state index contributed by atoms with van der Waals surface area (Å²) in [5.74, 6) is 0.0926. The number of carbonyl (C=O) groups excluding carboxylic acids is 2. The summed E-state index contributed by atoms with van der Waals surface area (Å²) in [5.41, 5.74) is 0. The van der Waals surface area contributed by atoms with Crippen LogP contribution in [0.2, 0.25) is 0 Å². The zero-order valence-corrected chi connectivity index (χ0v) is 12.4. The molecule has 0 aliphatic carbocycles. The van der Waals surface area contributed by atoms with Crippen LogP contribution in [0.25, 0.3) is 0 Å². The topological polar surface area (TPSA) is 43.9 Å². The third-order valence-corrected chi connectivity index (χ3v) is 0.630. The van der Waals surface area contributed by atoms with Crippen LogP contribution in [-0.4, -0.2) is 83.8 Å². The number of hydrogen-bond donors (Lipinski definition) is 0. The molecule has 0 saturated carbocycles. The Bertz CT molecular complexity index is 127. The first-order valence-corrected chi connectivity index (χ1v) is 4.79. The molecule has 0 atom stereocenters. The van der Waals surface area contributed by atoms with Crippen molar-refractivity contribution in [1.82, 2.24) is 14.7 Å². The van der Waals surface area contributed by atoms with Gasteiger partial charge < -0.3 is 19.5 Å².